The van der Waals surface area contributed by atoms with Gasteiger partial charge in [-0.2, -0.15) is 0 Å². The molecule has 0 saturated heterocycles. The largest absolute Gasteiger partial charge is 0.460 e. The average Bonchev–Trinajstić information content (AvgIpc) is 2.35. The van der Waals surface area contributed by atoms with Crippen molar-refractivity contribution in [2.24, 2.45) is 11.8 Å². The summed E-state index contributed by atoms with van der Waals surface area (Å²) in [6, 6.07) is -0.781. The lowest BCUT2D eigenvalue weighted by atomic mass is 9.78. The van der Waals surface area contributed by atoms with Crippen molar-refractivity contribution in [3.63, 3.8) is 0 Å². The zero-order valence-corrected chi connectivity index (χ0v) is 16.7. The number of hydrogen-bond acceptors (Lipinski definition) is 5. The third kappa shape index (κ3) is 5.61. The summed E-state index contributed by atoms with van der Waals surface area (Å²) >= 11 is 0. The molecule has 4 atom stereocenters. The van der Waals surface area contributed by atoms with Crippen LogP contribution in [0, 0.1) is 11.8 Å². The first-order valence-corrected chi connectivity index (χ1v) is 9.38. The number of urea groups is 1. The molecule has 148 valence electrons. The van der Waals surface area contributed by atoms with Crippen molar-refractivity contribution >= 4 is 18.0 Å². The Kier molecular flexibility index (Phi) is 5.88. The van der Waals surface area contributed by atoms with Crippen molar-refractivity contribution in [1.82, 2.24) is 10.6 Å². The number of nitrogens with one attached hydrogen (secondary N) is 2. The van der Waals surface area contributed by atoms with E-state index in [4.69, 9.17) is 9.47 Å². The van der Waals surface area contributed by atoms with Crippen LogP contribution in [0.5, 0.6) is 0 Å². The number of ether oxygens (including phenoxy) is 2. The third-order valence-corrected chi connectivity index (χ3v) is 4.60. The van der Waals surface area contributed by atoms with E-state index in [1.165, 1.54) is 0 Å². The molecule has 0 bridgehead atoms. The van der Waals surface area contributed by atoms with Crippen molar-refractivity contribution in [2.75, 3.05) is 0 Å². The number of rotatable bonds is 4. The smallest absolute Gasteiger partial charge is 0.315 e. The van der Waals surface area contributed by atoms with Gasteiger partial charge >= 0.3 is 18.0 Å². The molecule has 0 spiro atoms. The fourth-order valence-electron chi connectivity index (χ4n) is 3.04. The summed E-state index contributed by atoms with van der Waals surface area (Å²) in [7, 11) is 0. The van der Waals surface area contributed by atoms with Gasteiger partial charge in [-0.05, 0) is 67.2 Å². The molecule has 0 aromatic heterocycles. The molecular weight excluding hydrogens is 336 g/mol. The lowest BCUT2D eigenvalue weighted by molar-refractivity contribution is -0.165. The SMILES string of the molecule is CC(C)(C)OC(=O)[C@H]1CC[C@H]1NC(=O)N[C@@H]1CC[C@@H]1C(=O)OC(C)(C)C. The van der Waals surface area contributed by atoms with Crippen molar-refractivity contribution < 1.29 is 23.9 Å². The summed E-state index contributed by atoms with van der Waals surface area (Å²) in [6.45, 7) is 11.0. The maximum Gasteiger partial charge on any atom is 0.315 e. The topological polar surface area (TPSA) is 93.7 Å². The van der Waals surface area contributed by atoms with E-state index < -0.39 is 11.2 Å². The molecule has 2 aliphatic carbocycles. The van der Waals surface area contributed by atoms with E-state index in [1.54, 1.807) is 0 Å². The zero-order chi connectivity index (χ0) is 19.7. The first kappa shape index (κ1) is 20.5. The van der Waals surface area contributed by atoms with E-state index in [-0.39, 0.29) is 41.9 Å². The second-order valence-electron chi connectivity index (χ2n) is 9.27. The molecule has 7 heteroatoms. The highest BCUT2D eigenvalue weighted by Crippen LogP contribution is 2.32. The Hall–Kier alpha value is -1.79. The van der Waals surface area contributed by atoms with Crippen LogP contribution in [0.15, 0.2) is 0 Å². The van der Waals surface area contributed by atoms with E-state index in [9.17, 15) is 14.4 Å². The van der Waals surface area contributed by atoms with Crippen LogP contribution in [-0.4, -0.2) is 41.3 Å². The Labute approximate surface area is 155 Å². The summed E-state index contributed by atoms with van der Waals surface area (Å²) in [5.41, 5.74) is -1.07. The number of esters is 2. The van der Waals surface area contributed by atoms with Gasteiger partial charge in [0, 0.05) is 12.1 Å². The highest BCUT2D eigenvalue weighted by atomic mass is 16.6. The Morgan fingerprint density at radius 1 is 0.692 bits per heavy atom. The Morgan fingerprint density at radius 3 is 1.27 bits per heavy atom. The Morgan fingerprint density at radius 2 is 1.04 bits per heavy atom. The van der Waals surface area contributed by atoms with Crippen LogP contribution in [0.4, 0.5) is 4.79 Å². The van der Waals surface area contributed by atoms with E-state index in [0.717, 1.165) is 12.8 Å². The van der Waals surface area contributed by atoms with Crippen LogP contribution in [0.1, 0.15) is 67.2 Å². The summed E-state index contributed by atoms with van der Waals surface area (Å²) < 4.78 is 10.8. The Balaban J connectivity index is 1.78. The predicted molar refractivity (Wildman–Crippen MR) is 96.4 cm³/mol. The molecule has 2 rings (SSSR count). The molecule has 0 unspecified atom stereocenters. The summed E-state index contributed by atoms with van der Waals surface area (Å²) in [5.74, 6) is -1.15. The van der Waals surface area contributed by atoms with Crippen molar-refractivity contribution in [1.29, 1.82) is 0 Å². The van der Waals surface area contributed by atoms with E-state index in [2.05, 4.69) is 10.6 Å². The molecule has 2 amide bonds. The van der Waals surface area contributed by atoms with Gasteiger partial charge in [-0.25, -0.2) is 4.79 Å². The lowest BCUT2D eigenvalue weighted by Crippen LogP contribution is -2.58. The van der Waals surface area contributed by atoms with Crippen LogP contribution in [0.3, 0.4) is 0 Å². The van der Waals surface area contributed by atoms with Gasteiger partial charge in [-0.1, -0.05) is 0 Å². The molecule has 7 nitrogen and oxygen atoms in total. The van der Waals surface area contributed by atoms with Crippen LogP contribution in [-0.2, 0) is 19.1 Å². The van der Waals surface area contributed by atoms with Gasteiger partial charge in [0.15, 0.2) is 0 Å². The van der Waals surface area contributed by atoms with Gasteiger partial charge in [0.1, 0.15) is 11.2 Å². The van der Waals surface area contributed by atoms with E-state index in [0.29, 0.717) is 12.8 Å². The minimum Gasteiger partial charge on any atom is -0.460 e. The molecular formula is C19H32N2O5. The van der Waals surface area contributed by atoms with Crippen molar-refractivity contribution in [3.05, 3.63) is 0 Å². The standard InChI is InChI=1S/C19H32N2O5/c1-18(2,3)25-15(22)11-7-9-13(11)20-17(24)21-14-10-8-12(14)16(23)26-19(4,5)6/h11-14H,7-10H2,1-6H3,(H2,20,21,24)/t11-,12-,13+,14+/m0/s1. The number of carbonyl (C=O) groups excluding carboxylic acids is 3. The highest BCUT2D eigenvalue weighted by molar-refractivity contribution is 5.80. The Bertz CT molecular complexity index is 513. The van der Waals surface area contributed by atoms with Crippen LogP contribution in [0.2, 0.25) is 0 Å². The van der Waals surface area contributed by atoms with Crippen LogP contribution < -0.4 is 10.6 Å². The zero-order valence-electron chi connectivity index (χ0n) is 16.7. The van der Waals surface area contributed by atoms with Gasteiger partial charge < -0.3 is 20.1 Å². The normalized spacial score (nSPS) is 28.2. The summed E-state index contributed by atoms with van der Waals surface area (Å²) in [4.78, 5) is 36.5. The van der Waals surface area contributed by atoms with E-state index >= 15 is 0 Å². The molecule has 0 heterocycles. The summed E-state index contributed by atoms with van der Waals surface area (Å²) in [6.07, 6.45) is 2.92. The maximum absolute atomic E-state index is 12.2. The highest BCUT2D eigenvalue weighted by Gasteiger charge is 2.43. The number of carbonyl (C=O) groups is 3. The van der Waals surface area contributed by atoms with Gasteiger partial charge in [0.05, 0.1) is 11.8 Å². The minimum atomic E-state index is -0.536. The quantitative estimate of drug-likeness (QED) is 0.744. The monoisotopic (exact) mass is 368 g/mol. The molecule has 0 aromatic rings. The second-order valence-corrected chi connectivity index (χ2v) is 9.27. The maximum atomic E-state index is 12.2. The third-order valence-electron chi connectivity index (χ3n) is 4.60. The molecule has 26 heavy (non-hydrogen) atoms. The molecule has 0 aromatic carbocycles. The minimum absolute atomic E-state index is 0.218. The molecule has 0 radical (unpaired) electrons. The number of hydrogen-bond donors (Lipinski definition) is 2. The van der Waals surface area contributed by atoms with Gasteiger partial charge in [-0.3, -0.25) is 9.59 Å². The fourth-order valence-corrected chi connectivity index (χ4v) is 3.04. The van der Waals surface area contributed by atoms with Gasteiger partial charge in [0.25, 0.3) is 0 Å². The van der Waals surface area contributed by atoms with Gasteiger partial charge in [-0.15, -0.1) is 0 Å². The lowest BCUT2D eigenvalue weighted by Gasteiger charge is -2.39. The molecule has 2 saturated carbocycles. The summed E-state index contributed by atoms with van der Waals surface area (Å²) in [5, 5.41) is 5.67. The van der Waals surface area contributed by atoms with Gasteiger partial charge in [0.2, 0.25) is 0 Å². The van der Waals surface area contributed by atoms with Crippen LogP contribution in [0.25, 0.3) is 0 Å². The number of amides is 2. The molecule has 0 aliphatic heterocycles. The molecule has 2 aliphatic rings. The molecule has 2 fully saturated rings. The van der Waals surface area contributed by atoms with Crippen molar-refractivity contribution in [3.8, 4) is 0 Å². The average molecular weight is 368 g/mol. The van der Waals surface area contributed by atoms with Crippen LogP contribution >= 0.6 is 0 Å². The first-order chi connectivity index (χ1) is 11.9. The molecule has 2 N–H and O–H groups in total. The van der Waals surface area contributed by atoms with E-state index in [1.807, 2.05) is 41.5 Å². The predicted octanol–water partition coefficient (Wildman–Crippen LogP) is 2.53. The second kappa shape index (κ2) is 7.45. The fraction of sp³-hybridized carbons (Fsp3) is 0.842. The first-order valence-electron chi connectivity index (χ1n) is 9.38. The van der Waals surface area contributed by atoms with Crippen molar-refractivity contribution in [2.45, 2.75) is 90.5 Å².